The van der Waals surface area contributed by atoms with Crippen molar-refractivity contribution >= 4 is 0 Å². The van der Waals surface area contributed by atoms with E-state index in [-0.39, 0.29) is 0 Å². The van der Waals surface area contributed by atoms with E-state index in [1.807, 2.05) is 0 Å². The zero-order valence-corrected chi connectivity index (χ0v) is 11.3. The molecule has 0 fully saturated rings. The van der Waals surface area contributed by atoms with Crippen LogP contribution in [-0.2, 0) is 13.0 Å². The molecular weight excluding hydrogens is 234 g/mol. The third-order valence-corrected chi connectivity index (χ3v) is 3.53. The van der Waals surface area contributed by atoms with Crippen molar-refractivity contribution in [1.82, 2.24) is 5.32 Å². The number of nitrogens with one attached hydrogen (secondary N) is 1. The van der Waals surface area contributed by atoms with Crippen LogP contribution in [0.4, 0.5) is 0 Å². The van der Waals surface area contributed by atoms with Crippen molar-refractivity contribution in [3.8, 4) is 16.9 Å². The number of ether oxygens (including phenoxy) is 1. The van der Waals surface area contributed by atoms with E-state index in [0.717, 1.165) is 31.9 Å². The summed E-state index contributed by atoms with van der Waals surface area (Å²) in [5, 5.41) is 3.36. The van der Waals surface area contributed by atoms with Crippen LogP contribution in [-0.4, -0.2) is 13.2 Å². The fraction of sp³-hybridized carbons (Fsp3) is 0.294. The van der Waals surface area contributed by atoms with Crippen LogP contribution in [0.2, 0.25) is 0 Å². The molecule has 0 unspecified atom stereocenters. The van der Waals surface area contributed by atoms with Crippen molar-refractivity contribution in [2.45, 2.75) is 19.9 Å². The molecule has 2 nitrogen and oxygen atoms in total. The summed E-state index contributed by atoms with van der Waals surface area (Å²) in [6.07, 6.45) is 1.03. The molecule has 3 rings (SSSR count). The van der Waals surface area contributed by atoms with Crippen LogP contribution >= 0.6 is 0 Å². The van der Waals surface area contributed by atoms with E-state index in [4.69, 9.17) is 4.74 Å². The Balaban J connectivity index is 1.89. The van der Waals surface area contributed by atoms with Crippen molar-refractivity contribution in [2.75, 3.05) is 13.2 Å². The smallest absolute Gasteiger partial charge is 0.122 e. The van der Waals surface area contributed by atoms with E-state index in [1.54, 1.807) is 0 Å². The Kier molecular flexibility index (Phi) is 3.51. The Morgan fingerprint density at radius 2 is 2.00 bits per heavy atom. The molecule has 0 saturated heterocycles. The first kappa shape index (κ1) is 12.2. The van der Waals surface area contributed by atoms with Gasteiger partial charge in [-0.25, -0.2) is 0 Å². The van der Waals surface area contributed by atoms with E-state index < -0.39 is 0 Å². The fourth-order valence-corrected chi connectivity index (χ4v) is 2.50. The van der Waals surface area contributed by atoms with E-state index in [0.29, 0.717) is 0 Å². The highest BCUT2D eigenvalue weighted by atomic mass is 16.5. The summed E-state index contributed by atoms with van der Waals surface area (Å²) >= 11 is 0. The molecule has 2 heteroatoms. The average molecular weight is 253 g/mol. The molecule has 0 aromatic heterocycles. The maximum atomic E-state index is 5.56. The van der Waals surface area contributed by atoms with Crippen LogP contribution in [0.5, 0.6) is 5.75 Å². The maximum absolute atomic E-state index is 5.56. The van der Waals surface area contributed by atoms with Gasteiger partial charge in [0.05, 0.1) is 6.61 Å². The molecule has 0 amide bonds. The summed E-state index contributed by atoms with van der Waals surface area (Å²) in [7, 11) is 0. The second-order valence-corrected chi connectivity index (χ2v) is 4.90. The third-order valence-electron chi connectivity index (χ3n) is 3.53. The number of fused-ring (bicyclic) bond motifs is 1. The number of rotatable bonds is 4. The van der Waals surface area contributed by atoms with Crippen molar-refractivity contribution in [2.24, 2.45) is 0 Å². The molecule has 0 radical (unpaired) electrons. The first-order chi connectivity index (χ1) is 9.36. The van der Waals surface area contributed by atoms with Crippen molar-refractivity contribution in [3.63, 3.8) is 0 Å². The second kappa shape index (κ2) is 5.45. The van der Waals surface area contributed by atoms with E-state index in [1.165, 1.54) is 22.3 Å². The Hall–Kier alpha value is -1.80. The quantitative estimate of drug-likeness (QED) is 0.901. The van der Waals surface area contributed by atoms with Gasteiger partial charge in [0.15, 0.2) is 0 Å². The molecule has 1 N–H and O–H groups in total. The lowest BCUT2D eigenvalue weighted by molar-refractivity contribution is 0.357. The number of hydrogen-bond acceptors (Lipinski definition) is 2. The summed E-state index contributed by atoms with van der Waals surface area (Å²) in [5.41, 5.74) is 5.22. The lowest BCUT2D eigenvalue weighted by atomic mass is 10.00. The highest BCUT2D eigenvalue weighted by molar-refractivity contribution is 5.66. The lowest BCUT2D eigenvalue weighted by Gasteiger charge is -2.07. The standard InChI is InChI=1S/C17H19NO/c1-2-18-12-13-4-3-5-14(10-13)15-6-7-17-16(11-15)8-9-19-17/h3-7,10-11,18H,2,8-9,12H2,1H3. The molecule has 0 aliphatic carbocycles. The first-order valence-corrected chi connectivity index (χ1v) is 6.92. The van der Waals surface area contributed by atoms with Gasteiger partial charge in [-0.05, 0) is 47.0 Å². The molecule has 2 aromatic carbocycles. The summed E-state index contributed by atoms with van der Waals surface area (Å²) < 4.78 is 5.56. The SMILES string of the molecule is CCNCc1cccc(-c2ccc3c(c2)CCO3)c1. The van der Waals surface area contributed by atoms with Crippen LogP contribution in [0.15, 0.2) is 42.5 Å². The molecule has 2 aromatic rings. The minimum Gasteiger partial charge on any atom is -0.493 e. The molecule has 0 saturated carbocycles. The minimum absolute atomic E-state index is 0.819. The molecule has 1 aliphatic heterocycles. The van der Waals surface area contributed by atoms with Gasteiger partial charge >= 0.3 is 0 Å². The predicted molar refractivity (Wildman–Crippen MR) is 78.5 cm³/mol. The first-order valence-electron chi connectivity index (χ1n) is 6.92. The van der Waals surface area contributed by atoms with Crippen molar-refractivity contribution in [3.05, 3.63) is 53.6 Å². The monoisotopic (exact) mass is 253 g/mol. The fourth-order valence-electron chi connectivity index (χ4n) is 2.50. The maximum Gasteiger partial charge on any atom is 0.122 e. The van der Waals surface area contributed by atoms with Crippen LogP contribution in [0, 0.1) is 0 Å². The summed E-state index contributed by atoms with van der Waals surface area (Å²) in [5.74, 6) is 1.05. The molecule has 98 valence electrons. The Morgan fingerprint density at radius 3 is 2.89 bits per heavy atom. The zero-order valence-electron chi connectivity index (χ0n) is 11.3. The highest BCUT2D eigenvalue weighted by Gasteiger charge is 2.12. The van der Waals surface area contributed by atoms with Gasteiger partial charge in [-0.15, -0.1) is 0 Å². The van der Waals surface area contributed by atoms with Crippen molar-refractivity contribution in [1.29, 1.82) is 0 Å². The van der Waals surface area contributed by atoms with E-state index >= 15 is 0 Å². The summed E-state index contributed by atoms with van der Waals surface area (Å²) in [4.78, 5) is 0. The van der Waals surface area contributed by atoms with Gasteiger partial charge in [0.1, 0.15) is 5.75 Å². The highest BCUT2D eigenvalue weighted by Crippen LogP contribution is 2.30. The molecule has 1 heterocycles. The molecule has 0 spiro atoms. The van der Waals surface area contributed by atoms with Crippen LogP contribution in [0.3, 0.4) is 0 Å². The minimum atomic E-state index is 0.819. The Bertz CT molecular complexity index is 577. The van der Waals surface area contributed by atoms with Gasteiger partial charge in [0.25, 0.3) is 0 Å². The zero-order chi connectivity index (χ0) is 13.1. The van der Waals surface area contributed by atoms with E-state index in [9.17, 15) is 0 Å². The molecule has 1 aliphatic rings. The number of hydrogen-bond donors (Lipinski definition) is 1. The predicted octanol–water partition coefficient (Wildman–Crippen LogP) is 3.40. The second-order valence-electron chi connectivity index (χ2n) is 4.90. The lowest BCUT2D eigenvalue weighted by Crippen LogP contribution is -2.11. The largest absolute Gasteiger partial charge is 0.493 e. The summed E-state index contributed by atoms with van der Waals surface area (Å²) in [6, 6.07) is 15.2. The van der Waals surface area contributed by atoms with E-state index in [2.05, 4.69) is 54.7 Å². The third kappa shape index (κ3) is 2.64. The van der Waals surface area contributed by atoms with Crippen LogP contribution < -0.4 is 10.1 Å². The normalized spacial score (nSPS) is 13.1. The van der Waals surface area contributed by atoms with Gasteiger partial charge < -0.3 is 10.1 Å². The van der Waals surface area contributed by atoms with Gasteiger partial charge in [-0.1, -0.05) is 31.2 Å². The Morgan fingerprint density at radius 1 is 1.11 bits per heavy atom. The van der Waals surface area contributed by atoms with Gasteiger partial charge in [0, 0.05) is 13.0 Å². The van der Waals surface area contributed by atoms with Gasteiger partial charge in [0.2, 0.25) is 0 Å². The topological polar surface area (TPSA) is 21.3 Å². The van der Waals surface area contributed by atoms with Gasteiger partial charge in [-0.2, -0.15) is 0 Å². The van der Waals surface area contributed by atoms with Crippen molar-refractivity contribution < 1.29 is 4.74 Å². The van der Waals surface area contributed by atoms with Crippen LogP contribution in [0.25, 0.3) is 11.1 Å². The number of benzene rings is 2. The average Bonchev–Trinajstić information content (AvgIpc) is 2.92. The van der Waals surface area contributed by atoms with Gasteiger partial charge in [-0.3, -0.25) is 0 Å². The molecular formula is C17H19NO. The molecule has 0 bridgehead atoms. The molecule has 0 atom stereocenters. The molecule has 19 heavy (non-hydrogen) atoms. The Labute approximate surface area is 114 Å². The van der Waals surface area contributed by atoms with Crippen LogP contribution in [0.1, 0.15) is 18.1 Å². The summed E-state index contributed by atoms with van der Waals surface area (Å²) in [6.45, 7) is 4.88.